The Morgan fingerprint density at radius 1 is 1.17 bits per heavy atom. The first-order valence-electron chi connectivity index (χ1n) is 10.1. The summed E-state index contributed by atoms with van der Waals surface area (Å²) in [5.74, 6) is 0.0840. The second-order valence-corrected chi connectivity index (χ2v) is 11.0. The number of benzene rings is 2. The second-order valence-electron chi connectivity index (χ2n) is 7.83. The van der Waals surface area contributed by atoms with Crippen LogP contribution in [0.4, 0.5) is 0 Å². The molecule has 1 fully saturated rings. The number of hydrogen-bond donors (Lipinski definition) is 0. The minimum Gasteiger partial charge on any atom is -0.464 e. The summed E-state index contributed by atoms with van der Waals surface area (Å²) in [7, 11) is -3.10. The molecule has 3 aromatic rings. The summed E-state index contributed by atoms with van der Waals surface area (Å²) in [4.78, 5) is 15.1. The number of hydrogen-bond acceptors (Lipinski definition) is 4. The van der Waals surface area contributed by atoms with Crippen molar-refractivity contribution in [3.63, 3.8) is 0 Å². The van der Waals surface area contributed by atoms with Crippen LogP contribution < -0.4 is 0 Å². The van der Waals surface area contributed by atoms with Crippen LogP contribution in [0.2, 0.25) is 0 Å². The van der Waals surface area contributed by atoms with Gasteiger partial charge in [-0.2, -0.15) is 0 Å². The third kappa shape index (κ3) is 4.62. The van der Waals surface area contributed by atoms with Gasteiger partial charge < -0.3 is 9.32 Å². The van der Waals surface area contributed by atoms with Crippen LogP contribution in [-0.4, -0.2) is 36.8 Å². The number of halogens is 1. The zero-order chi connectivity index (χ0) is 21.3. The number of carbonyl (C=O) groups is 1. The van der Waals surface area contributed by atoms with Crippen molar-refractivity contribution in [3.8, 4) is 0 Å². The summed E-state index contributed by atoms with van der Waals surface area (Å²) in [6, 6.07) is 13.6. The zero-order valence-electron chi connectivity index (χ0n) is 16.8. The average Bonchev–Trinajstić information content (AvgIpc) is 3.29. The van der Waals surface area contributed by atoms with E-state index in [-0.39, 0.29) is 29.9 Å². The van der Waals surface area contributed by atoms with E-state index in [1.807, 2.05) is 30.3 Å². The van der Waals surface area contributed by atoms with E-state index in [4.69, 9.17) is 4.42 Å². The van der Waals surface area contributed by atoms with Gasteiger partial charge in [0.05, 0.1) is 24.2 Å². The Labute approximate surface area is 185 Å². The molecule has 30 heavy (non-hydrogen) atoms. The second kappa shape index (κ2) is 8.55. The predicted molar refractivity (Wildman–Crippen MR) is 121 cm³/mol. The zero-order valence-corrected chi connectivity index (χ0v) is 19.2. The molecule has 0 N–H and O–H groups in total. The number of sulfone groups is 1. The first-order chi connectivity index (χ1) is 14.3. The Morgan fingerprint density at radius 3 is 2.57 bits per heavy atom. The SMILES string of the molecule is CCc1ccc(CN(C(=O)Cc2coc3ccc(Br)cc23)C2CCS(=O)(=O)C2)cc1. The summed E-state index contributed by atoms with van der Waals surface area (Å²) < 4.78 is 30.7. The fourth-order valence-corrected chi connectivity index (χ4v) is 6.07. The molecule has 1 atom stereocenters. The van der Waals surface area contributed by atoms with E-state index in [2.05, 4.69) is 35.0 Å². The van der Waals surface area contributed by atoms with Crippen LogP contribution >= 0.6 is 15.9 Å². The Balaban J connectivity index is 1.60. The molecule has 2 heterocycles. The highest BCUT2D eigenvalue weighted by atomic mass is 79.9. The van der Waals surface area contributed by atoms with Crippen molar-refractivity contribution in [1.82, 2.24) is 4.90 Å². The molecule has 1 aromatic heterocycles. The van der Waals surface area contributed by atoms with Crippen LogP contribution in [0.25, 0.3) is 11.0 Å². The van der Waals surface area contributed by atoms with Crippen molar-refractivity contribution in [2.45, 2.75) is 38.8 Å². The normalized spacial score (nSPS) is 18.0. The van der Waals surface area contributed by atoms with E-state index in [0.29, 0.717) is 13.0 Å². The third-order valence-electron chi connectivity index (χ3n) is 5.71. The largest absolute Gasteiger partial charge is 0.464 e. The third-order valence-corrected chi connectivity index (χ3v) is 7.95. The van der Waals surface area contributed by atoms with E-state index >= 15 is 0 Å². The Morgan fingerprint density at radius 2 is 1.90 bits per heavy atom. The first-order valence-corrected chi connectivity index (χ1v) is 12.7. The van der Waals surface area contributed by atoms with Gasteiger partial charge in [0.25, 0.3) is 0 Å². The van der Waals surface area contributed by atoms with Gasteiger partial charge in [0, 0.05) is 28.0 Å². The number of carbonyl (C=O) groups excluding carboxylic acids is 1. The lowest BCUT2D eigenvalue weighted by Crippen LogP contribution is -2.41. The number of amides is 1. The molecule has 4 rings (SSSR count). The summed E-state index contributed by atoms with van der Waals surface area (Å²) in [6.45, 7) is 2.50. The van der Waals surface area contributed by atoms with E-state index in [1.54, 1.807) is 11.2 Å². The first kappa shape index (κ1) is 21.1. The Bertz CT molecular complexity index is 1170. The molecule has 1 saturated heterocycles. The number of fused-ring (bicyclic) bond motifs is 1. The molecular weight excluding hydrogens is 466 g/mol. The molecule has 1 aliphatic heterocycles. The average molecular weight is 490 g/mol. The Kier molecular flexibility index (Phi) is 6.02. The molecule has 0 aliphatic carbocycles. The fraction of sp³-hybridized carbons (Fsp3) is 0.348. The van der Waals surface area contributed by atoms with Crippen LogP contribution in [0.3, 0.4) is 0 Å². The number of nitrogens with zero attached hydrogens (tertiary/aromatic N) is 1. The molecule has 158 valence electrons. The number of rotatable bonds is 6. The van der Waals surface area contributed by atoms with Gasteiger partial charge in [-0.05, 0) is 42.2 Å². The number of furan rings is 1. The van der Waals surface area contributed by atoms with Crippen molar-refractivity contribution in [1.29, 1.82) is 0 Å². The van der Waals surface area contributed by atoms with Crippen LogP contribution in [0, 0.1) is 0 Å². The van der Waals surface area contributed by atoms with Gasteiger partial charge in [-0.25, -0.2) is 8.42 Å². The van der Waals surface area contributed by atoms with Crippen LogP contribution in [0.5, 0.6) is 0 Å². The molecule has 7 heteroatoms. The van der Waals surface area contributed by atoms with Crippen molar-refractivity contribution < 1.29 is 17.6 Å². The topological polar surface area (TPSA) is 67.6 Å². The summed E-state index contributed by atoms with van der Waals surface area (Å²) >= 11 is 3.47. The smallest absolute Gasteiger partial charge is 0.227 e. The maximum Gasteiger partial charge on any atom is 0.227 e. The molecule has 0 saturated carbocycles. The van der Waals surface area contributed by atoms with Crippen molar-refractivity contribution in [2.24, 2.45) is 0 Å². The molecule has 1 unspecified atom stereocenters. The highest BCUT2D eigenvalue weighted by molar-refractivity contribution is 9.10. The highest BCUT2D eigenvalue weighted by Gasteiger charge is 2.34. The van der Waals surface area contributed by atoms with Gasteiger partial charge in [0.1, 0.15) is 5.58 Å². The van der Waals surface area contributed by atoms with Crippen LogP contribution in [-0.2, 0) is 34.0 Å². The van der Waals surface area contributed by atoms with Crippen LogP contribution in [0.1, 0.15) is 30.0 Å². The molecule has 0 bridgehead atoms. The standard InChI is InChI=1S/C23H24BrNO4S/c1-2-16-3-5-17(6-4-16)13-25(20-9-10-30(27,28)15-20)23(26)11-18-14-29-22-8-7-19(24)12-21(18)22/h3-8,12,14,20H,2,9-11,13,15H2,1H3. The monoisotopic (exact) mass is 489 g/mol. The van der Waals surface area contributed by atoms with Gasteiger partial charge in [-0.1, -0.05) is 47.1 Å². The van der Waals surface area contributed by atoms with Crippen molar-refractivity contribution in [3.05, 3.63) is 69.9 Å². The van der Waals surface area contributed by atoms with Gasteiger partial charge in [0.2, 0.25) is 5.91 Å². The molecular formula is C23H24BrNO4S. The minimum absolute atomic E-state index is 0.0312. The van der Waals surface area contributed by atoms with E-state index in [0.717, 1.165) is 33.0 Å². The van der Waals surface area contributed by atoms with Gasteiger partial charge in [-0.3, -0.25) is 4.79 Å². The molecule has 0 radical (unpaired) electrons. The lowest BCUT2D eigenvalue weighted by Gasteiger charge is -2.28. The highest BCUT2D eigenvalue weighted by Crippen LogP contribution is 2.27. The van der Waals surface area contributed by atoms with Crippen molar-refractivity contribution >= 4 is 42.6 Å². The van der Waals surface area contributed by atoms with Crippen molar-refractivity contribution in [2.75, 3.05) is 11.5 Å². The van der Waals surface area contributed by atoms with Gasteiger partial charge >= 0.3 is 0 Å². The molecule has 0 spiro atoms. The van der Waals surface area contributed by atoms with Gasteiger partial charge in [-0.15, -0.1) is 0 Å². The quantitative estimate of drug-likeness (QED) is 0.510. The maximum atomic E-state index is 13.3. The molecule has 2 aromatic carbocycles. The maximum absolute atomic E-state index is 13.3. The lowest BCUT2D eigenvalue weighted by molar-refractivity contribution is -0.133. The molecule has 1 amide bonds. The Hall–Kier alpha value is -2.12. The van der Waals surface area contributed by atoms with E-state index in [9.17, 15) is 13.2 Å². The predicted octanol–water partition coefficient (Wildman–Crippen LogP) is 4.52. The van der Waals surface area contributed by atoms with E-state index < -0.39 is 9.84 Å². The molecule has 5 nitrogen and oxygen atoms in total. The number of aryl methyl sites for hydroxylation is 1. The molecule has 1 aliphatic rings. The lowest BCUT2D eigenvalue weighted by atomic mass is 10.1. The minimum atomic E-state index is -3.10. The van der Waals surface area contributed by atoms with Gasteiger partial charge in [0.15, 0.2) is 9.84 Å². The summed E-state index contributed by atoms with van der Waals surface area (Å²) in [5, 5.41) is 0.893. The van der Waals surface area contributed by atoms with Crippen LogP contribution in [0.15, 0.2) is 57.6 Å². The summed E-state index contributed by atoms with van der Waals surface area (Å²) in [6.07, 6.45) is 3.23. The van der Waals surface area contributed by atoms with E-state index in [1.165, 1.54) is 5.56 Å². The fourth-order valence-electron chi connectivity index (χ4n) is 3.97. The summed E-state index contributed by atoms with van der Waals surface area (Å²) in [5.41, 5.74) is 3.77.